The fourth-order valence-corrected chi connectivity index (χ4v) is 2.62. The second-order valence-electron chi connectivity index (χ2n) is 5.76. The standard InChI is InChI=1S/C15H29NO2/c1-13(12-17)8-7-11-16-15(18)14-9-5-3-2-4-6-10-14/h13-14,17H,2-12H2,1H3,(H,16,18). The maximum Gasteiger partial charge on any atom is 0.223 e. The van der Waals surface area contributed by atoms with Crippen molar-refractivity contribution in [1.29, 1.82) is 0 Å². The minimum Gasteiger partial charge on any atom is -0.396 e. The number of hydrogen-bond donors (Lipinski definition) is 2. The van der Waals surface area contributed by atoms with Crippen molar-refractivity contribution < 1.29 is 9.90 Å². The first-order valence-electron chi connectivity index (χ1n) is 7.62. The summed E-state index contributed by atoms with van der Waals surface area (Å²) < 4.78 is 0. The highest BCUT2D eigenvalue weighted by Crippen LogP contribution is 2.22. The van der Waals surface area contributed by atoms with Crippen LogP contribution in [0.3, 0.4) is 0 Å². The van der Waals surface area contributed by atoms with Crippen LogP contribution in [-0.4, -0.2) is 24.2 Å². The second-order valence-corrected chi connectivity index (χ2v) is 5.76. The van der Waals surface area contributed by atoms with Gasteiger partial charge in [-0.25, -0.2) is 0 Å². The third-order valence-electron chi connectivity index (χ3n) is 3.96. The third-order valence-corrected chi connectivity index (χ3v) is 3.96. The Balaban J connectivity index is 2.14. The first-order valence-corrected chi connectivity index (χ1v) is 7.62. The van der Waals surface area contributed by atoms with Gasteiger partial charge < -0.3 is 10.4 Å². The molecule has 0 aromatic rings. The Kier molecular flexibility index (Phi) is 8.06. The van der Waals surface area contributed by atoms with Gasteiger partial charge >= 0.3 is 0 Å². The van der Waals surface area contributed by atoms with E-state index in [9.17, 15) is 4.79 Å². The summed E-state index contributed by atoms with van der Waals surface area (Å²) in [5.74, 6) is 0.859. The van der Waals surface area contributed by atoms with Gasteiger partial charge in [-0.1, -0.05) is 39.0 Å². The molecule has 1 aliphatic carbocycles. The summed E-state index contributed by atoms with van der Waals surface area (Å²) in [7, 11) is 0. The summed E-state index contributed by atoms with van der Waals surface area (Å²) in [4.78, 5) is 12.0. The zero-order valence-electron chi connectivity index (χ0n) is 11.8. The summed E-state index contributed by atoms with van der Waals surface area (Å²) in [6.45, 7) is 3.05. The molecule has 1 unspecified atom stereocenters. The van der Waals surface area contributed by atoms with E-state index in [2.05, 4.69) is 5.32 Å². The summed E-state index contributed by atoms with van der Waals surface area (Å²) in [6, 6.07) is 0. The molecule has 3 nitrogen and oxygen atoms in total. The summed E-state index contributed by atoms with van der Waals surface area (Å²) in [5.41, 5.74) is 0. The van der Waals surface area contributed by atoms with Crippen LogP contribution < -0.4 is 5.32 Å². The zero-order chi connectivity index (χ0) is 13.2. The molecule has 0 spiro atoms. The molecule has 0 saturated heterocycles. The van der Waals surface area contributed by atoms with Crippen LogP contribution in [0.4, 0.5) is 0 Å². The number of aliphatic hydroxyl groups is 1. The van der Waals surface area contributed by atoms with Gasteiger partial charge in [-0.2, -0.15) is 0 Å². The van der Waals surface area contributed by atoms with Gasteiger partial charge in [-0.15, -0.1) is 0 Å². The van der Waals surface area contributed by atoms with Crippen molar-refractivity contribution in [3.63, 3.8) is 0 Å². The highest BCUT2D eigenvalue weighted by molar-refractivity contribution is 5.78. The number of hydrogen-bond acceptors (Lipinski definition) is 2. The molecule has 3 heteroatoms. The van der Waals surface area contributed by atoms with Gasteiger partial charge in [0.15, 0.2) is 0 Å². The van der Waals surface area contributed by atoms with E-state index in [0.29, 0.717) is 5.92 Å². The quantitative estimate of drug-likeness (QED) is 0.717. The van der Waals surface area contributed by atoms with E-state index in [-0.39, 0.29) is 18.4 Å². The zero-order valence-corrected chi connectivity index (χ0v) is 11.8. The van der Waals surface area contributed by atoms with Gasteiger partial charge in [-0.05, 0) is 31.6 Å². The summed E-state index contributed by atoms with van der Waals surface area (Å²) in [6.07, 6.45) is 10.4. The van der Waals surface area contributed by atoms with E-state index in [1.807, 2.05) is 6.92 Å². The van der Waals surface area contributed by atoms with Crippen LogP contribution in [0.25, 0.3) is 0 Å². The fourth-order valence-electron chi connectivity index (χ4n) is 2.62. The highest BCUT2D eigenvalue weighted by atomic mass is 16.3. The molecule has 1 amide bonds. The van der Waals surface area contributed by atoms with E-state index in [1.165, 1.54) is 32.1 Å². The minimum atomic E-state index is 0.247. The van der Waals surface area contributed by atoms with Crippen LogP contribution >= 0.6 is 0 Å². The monoisotopic (exact) mass is 255 g/mol. The molecular weight excluding hydrogens is 226 g/mol. The fraction of sp³-hybridized carbons (Fsp3) is 0.933. The van der Waals surface area contributed by atoms with Crippen molar-refractivity contribution in [2.24, 2.45) is 11.8 Å². The van der Waals surface area contributed by atoms with Crippen LogP contribution in [0.2, 0.25) is 0 Å². The number of aliphatic hydroxyl groups excluding tert-OH is 1. The number of rotatable bonds is 6. The maximum atomic E-state index is 12.0. The van der Waals surface area contributed by atoms with Crippen molar-refractivity contribution in [3.8, 4) is 0 Å². The molecule has 0 heterocycles. The average molecular weight is 255 g/mol. The Morgan fingerprint density at radius 3 is 2.44 bits per heavy atom. The summed E-state index contributed by atoms with van der Waals surface area (Å²) in [5, 5.41) is 12.0. The van der Waals surface area contributed by atoms with E-state index in [0.717, 1.165) is 32.2 Å². The van der Waals surface area contributed by atoms with Crippen molar-refractivity contribution in [2.75, 3.05) is 13.2 Å². The van der Waals surface area contributed by atoms with Crippen molar-refractivity contribution in [3.05, 3.63) is 0 Å². The number of carbonyl (C=O) groups excluding carboxylic acids is 1. The van der Waals surface area contributed by atoms with E-state index in [1.54, 1.807) is 0 Å². The number of carbonyl (C=O) groups is 1. The van der Waals surface area contributed by atoms with Gasteiger partial charge in [0.1, 0.15) is 0 Å². The van der Waals surface area contributed by atoms with E-state index in [4.69, 9.17) is 5.11 Å². The lowest BCUT2D eigenvalue weighted by Crippen LogP contribution is -2.32. The average Bonchev–Trinajstić information content (AvgIpc) is 2.33. The molecule has 1 saturated carbocycles. The predicted molar refractivity (Wildman–Crippen MR) is 74.3 cm³/mol. The molecule has 0 aliphatic heterocycles. The van der Waals surface area contributed by atoms with E-state index < -0.39 is 0 Å². The Bertz CT molecular complexity index is 223. The molecule has 1 fully saturated rings. The molecule has 2 N–H and O–H groups in total. The molecule has 1 atom stereocenters. The third kappa shape index (κ3) is 6.39. The van der Waals surface area contributed by atoms with Crippen molar-refractivity contribution >= 4 is 5.91 Å². The molecule has 1 rings (SSSR count). The van der Waals surface area contributed by atoms with Crippen LogP contribution in [0, 0.1) is 11.8 Å². The van der Waals surface area contributed by atoms with Crippen LogP contribution in [0.1, 0.15) is 64.7 Å². The molecule has 0 aromatic carbocycles. The number of nitrogens with one attached hydrogen (secondary N) is 1. The Labute approximate surface area is 111 Å². The molecule has 106 valence electrons. The highest BCUT2D eigenvalue weighted by Gasteiger charge is 2.18. The first kappa shape index (κ1) is 15.5. The predicted octanol–water partition coefficient (Wildman–Crippen LogP) is 2.87. The Morgan fingerprint density at radius 1 is 1.22 bits per heavy atom. The van der Waals surface area contributed by atoms with Gasteiger partial charge in [0.25, 0.3) is 0 Å². The topological polar surface area (TPSA) is 49.3 Å². The first-order chi connectivity index (χ1) is 8.74. The molecular formula is C15H29NO2. The minimum absolute atomic E-state index is 0.247. The smallest absolute Gasteiger partial charge is 0.223 e. The molecule has 0 bridgehead atoms. The lowest BCUT2D eigenvalue weighted by molar-refractivity contribution is -0.125. The molecule has 0 aromatic heterocycles. The molecule has 0 radical (unpaired) electrons. The molecule has 18 heavy (non-hydrogen) atoms. The molecule has 1 aliphatic rings. The summed E-state index contributed by atoms with van der Waals surface area (Å²) >= 11 is 0. The van der Waals surface area contributed by atoms with Gasteiger partial charge in [0, 0.05) is 19.1 Å². The normalized spacial score (nSPS) is 19.9. The van der Waals surface area contributed by atoms with E-state index >= 15 is 0 Å². The Hall–Kier alpha value is -0.570. The van der Waals surface area contributed by atoms with Gasteiger partial charge in [0.2, 0.25) is 5.91 Å². The van der Waals surface area contributed by atoms with Crippen LogP contribution in [-0.2, 0) is 4.79 Å². The lowest BCUT2D eigenvalue weighted by atomic mass is 9.90. The lowest BCUT2D eigenvalue weighted by Gasteiger charge is -2.19. The largest absolute Gasteiger partial charge is 0.396 e. The Morgan fingerprint density at radius 2 is 1.83 bits per heavy atom. The second kappa shape index (κ2) is 9.37. The SMILES string of the molecule is CC(CO)CCCNC(=O)C1CCCCCCC1. The van der Waals surface area contributed by atoms with Crippen molar-refractivity contribution in [2.45, 2.75) is 64.7 Å². The maximum absolute atomic E-state index is 12.0. The van der Waals surface area contributed by atoms with Gasteiger partial charge in [-0.3, -0.25) is 4.79 Å². The number of amides is 1. The van der Waals surface area contributed by atoms with Crippen molar-refractivity contribution in [1.82, 2.24) is 5.32 Å². The van der Waals surface area contributed by atoms with Gasteiger partial charge in [0.05, 0.1) is 0 Å². The van der Waals surface area contributed by atoms with Crippen LogP contribution in [0.15, 0.2) is 0 Å². The van der Waals surface area contributed by atoms with Crippen LogP contribution in [0.5, 0.6) is 0 Å².